The Hall–Kier alpha value is -1.60. The molecule has 0 radical (unpaired) electrons. The maximum atomic E-state index is 12.2. The van der Waals surface area contributed by atoms with Gasteiger partial charge in [-0.25, -0.2) is 0 Å². The molecule has 1 N–H and O–H groups in total. The number of nitrogens with zero attached hydrogens (tertiary/aromatic N) is 1. The van der Waals surface area contributed by atoms with E-state index in [9.17, 15) is 9.59 Å². The first-order valence-electron chi connectivity index (χ1n) is 6.01. The number of hydrogen-bond donors (Lipinski definition) is 1. The summed E-state index contributed by atoms with van der Waals surface area (Å²) >= 11 is 6.35. The summed E-state index contributed by atoms with van der Waals surface area (Å²) in [5.41, 5.74) is 0. The molecule has 0 aromatic carbocycles. The van der Waals surface area contributed by atoms with E-state index < -0.39 is 5.97 Å². The fourth-order valence-corrected chi connectivity index (χ4v) is 3.03. The van der Waals surface area contributed by atoms with Crippen molar-refractivity contribution in [2.45, 2.75) is 19.8 Å². The highest BCUT2D eigenvalue weighted by Crippen LogP contribution is 2.32. The largest absolute Gasteiger partial charge is 0.481 e. The third kappa shape index (κ3) is 3.49. The zero-order valence-corrected chi connectivity index (χ0v) is 12.4. The Labute approximate surface area is 125 Å². The first-order valence-corrected chi connectivity index (χ1v) is 7.23. The molecule has 1 fully saturated rings. The Morgan fingerprint density at radius 2 is 2.30 bits per heavy atom. The average molecular weight is 311 g/mol. The van der Waals surface area contributed by atoms with Crippen LogP contribution in [-0.2, 0) is 9.59 Å². The maximum Gasteiger partial charge on any atom is 0.303 e. The summed E-state index contributed by atoms with van der Waals surface area (Å²) in [5.74, 6) is 0.304. The summed E-state index contributed by atoms with van der Waals surface area (Å²) in [7, 11) is 0. The summed E-state index contributed by atoms with van der Waals surface area (Å²) in [6, 6.07) is 3.60. The van der Waals surface area contributed by atoms with Crippen molar-refractivity contribution in [2.75, 3.05) is 6.54 Å². The lowest BCUT2D eigenvalue weighted by molar-refractivity contribution is -0.137. The summed E-state index contributed by atoms with van der Waals surface area (Å²) in [6.07, 6.45) is 2.06. The molecule has 1 saturated heterocycles. The normalized spacial score (nSPS) is 17.2. The number of carboxylic acid groups (broad SMARTS) is 1. The van der Waals surface area contributed by atoms with E-state index in [-0.39, 0.29) is 12.3 Å². The molecular weight excluding hydrogens is 298 g/mol. The van der Waals surface area contributed by atoms with Gasteiger partial charge in [0.1, 0.15) is 15.8 Å². The van der Waals surface area contributed by atoms with Crippen molar-refractivity contribution in [1.82, 2.24) is 4.90 Å². The number of aryl methyl sites for hydroxylation is 1. The lowest BCUT2D eigenvalue weighted by Gasteiger charge is -2.13. The summed E-state index contributed by atoms with van der Waals surface area (Å²) in [4.78, 5) is 24.6. The van der Waals surface area contributed by atoms with Gasteiger partial charge >= 0.3 is 5.97 Å². The molecule has 0 spiro atoms. The molecule has 2 heterocycles. The van der Waals surface area contributed by atoms with Gasteiger partial charge in [0.25, 0.3) is 5.91 Å². The Balaban J connectivity index is 2.04. The van der Waals surface area contributed by atoms with Crippen molar-refractivity contribution in [3.63, 3.8) is 0 Å². The summed E-state index contributed by atoms with van der Waals surface area (Å²) in [5, 5.41) is 8.60. The van der Waals surface area contributed by atoms with E-state index in [2.05, 4.69) is 0 Å². The van der Waals surface area contributed by atoms with Crippen LogP contribution in [0, 0.1) is 6.92 Å². The van der Waals surface area contributed by atoms with E-state index in [0.717, 1.165) is 5.76 Å². The van der Waals surface area contributed by atoms with E-state index in [1.165, 1.54) is 16.7 Å². The molecule has 0 unspecified atom stereocenters. The summed E-state index contributed by atoms with van der Waals surface area (Å²) < 4.78 is 5.85. The molecule has 0 atom stereocenters. The van der Waals surface area contributed by atoms with E-state index in [1.54, 1.807) is 12.1 Å². The number of carbonyl (C=O) groups excluding carboxylic acids is 1. The van der Waals surface area contributed by atoms with Crippen molar-refractivity contribution in [3.8, 4) is 0 Å². The highest BCUT2D eigenvalue weighted by atomic mass is 32.2. The number of furan rings is 1. The first kappa shape index (κ1) is 14.8. The van der Waals surface area contributed by atoms with Crippen molar-refractivity contribution in [3.05, 3.63) is 28.6 Å². The van der Waals surface area contributed by atoms with Crippen LogP contribution < -0.4 is 0 Å². The lowest BCUT2D eigenvalue weighted by Crippen LogP contribution is -2.29. The zero-order valence-electron chi connectivity index (χ0n) is 10.8. The molecule has 1 aliphatic heterocycles. The first-order chi connectivity index (χ1) is 9.47. The van der Waals surface area contributed by atoms with Crippen molar-refractivity contribution < 1.29 is 19.1 Å². The van der Waals surface area contributed by atoms with Crippen LogP contribution in [0.2, 0.25) is 0 Å². The standard InChI is InChI=1S/C13H13NO4S2/c1-8-4-5-9(18-8)7-10-12(17)14(13(19)20-10)6-2-3-11(15)16/h4-5,7H,2-3,6H2,1H3,(H,15,16). The molecule has 0 bridgehead atoms. The van der Waals surface area contributed by atoms with Crippen LogP contribution in [0.4, 0.5) is 0 Å². The monoisotopic (exact) mass is 311 g/mol. The quantitative estimate of drug-likeness (QED) is 0.666. The van der Waals surface area contributed by atoms with Crippen LogP contribution in [-0.4, -0.2) is 32.7 Å². The van der Waals surface area contributed by atoms with E-state index in [0.29, 0.717) is 28.0 Å². The van der Waals surface area contributed by atoms with Gasteiger partial charge < -0.3 is 9.52 Å². The van der Waals surface area contributed by atoms with Crippen molar-refractivity contribution in [1.29, 1.82) is 0 Å². The maximum absolute atomic E-state index is 12.2. The lowest BCUT2D eigenvalue weighted by atomic mass is 10.3. The van der Waals surface area contributed by atoms with Gasteiger partial charge in [0.05, 0.1) is 4.91 Å². The molecule has 106 valence electrons. The van der Waals surface area contributed by atoms with Crippen LogP contribution in [0.3, 0.4) is 0 Å². The number of carboxylic acids is 1. The Morgan fingerprint density at radius 1 is 1.55 bits per heavy atom. The van der Waals surface area contributed by atoms with Gasteiger partial charge in [0, 0.05) is 19.0 Å². The molecule has 7 heteroatoms. The molecule has 1 aromatic heterocycles. The molecule has 1 amide bonds. The number of rotatable bonds is 5. The van der Waals surface area contributed by atoms with Crippen molar-refractivity contribution >= 4 is 46.3 Å². The second kappa shape index (κ2) is 6.23. The third-order valence-corrected chi connectivity index (χ3v) is 4.06. The van der Waals surface area contributed by atoms with Gasteiger partial charge in [0.2, 0.25) is 0 Å². The molecule has 20 heavy (non-hydrogen) atoms. The minimum atomic E-state index is -0.878. The average Bonchev–Trinajstić information content (AvgIpc) is 2.88. The number of carbonyl (C=O) groups is 2. The van der Waals surface area contributed by atoms with Gasteiger partial charge in [-0.1, -0.05) is 24.0 Å². The minimum absolute atomic E-state index is 0.0213. The molecule has 0 aliphatic carbocycles. The SMILES string of the molecule is Cc1ccc(C=C2SC(=S)N(CCCC(=O)O)C2=O)o1. The van der Waals surface area contributed by atoms with E-state index in [1.807, 2.05) is 13.0 Å². The summed E-state index contributed by atoms with van der Waals surface area (Å²) in [6.45, 7) is 2.15. The molecule has 2 rings (SSSR count). The van der Waals surface area contributed by atoms with Crippen molar-refractivity contribution in [2.24, 2.45) is 0 Å². The minimum Gasteiger partial charge on any atom is -0.481 e. The zero-order chi connectivity index (χ0) is 14.7. The van der Waals surface area contributed by atoms with Crippen LogP contribution in [0.1, 0.15) is 24.4 Å². The van der Waals surface area contributed by atoms with Gasteiger partial charge in [-0.3, -0.25) is 14.5 Å². The van der Waals surface area contributed by atoms with E-state index >= 15 is 0 Å². The highest BCUT2D eigenvalue weighted by molar-refractivity contribution is 8.26. The van der Waals surface area contributed by atoms with Gasteiger partial charge in [0.15, 0.2) is 0 Å². The number of hydrogen-bond acceptors (Lipinski definition) is 5. The smallest absolute Gasteiger partial charge is 0.303 e. The van der Waals surface area contributed by atoms with Gasteiger partial charge in [-0.15, -0.1) is 0 Å². The third-order valence-electron chi connectivity index (χ3n) is 2.68. The Kier molecular flexibility index (Phi) is 4.61. The molecule has 1 aliphatic rings. The molecule has 1 aromatic rings. The van der Waals surface area contributed by atoms with Crippen LogP contribution >= 0.6 is 24.0 Å². The fraction of sp³-hybridized carbons (Fsp3) is 0.308. The predicted molar refractivity (Wildman–Crippen MR) is 80.2 cm³/mol. The molecular formula is C13H13NO4S2. The van der Waals surface area contributed by atoms with Crippen LogP contribution in [0.15, 0.2) is 21.5 Å². The second-order valence-corrected chi connectivity index (χ2v) is 5.95. The predicted octanol–water partition coefficient (Wildman–Crippen LogP) is 2.65. The Morgan fingerprint density at radius 3 is 2.90 bits per heavy atom. The van der Waals surface area contributed by atoms with Gasteiger partial charge in [-0.05, 0) is 25.5 Å². The van der Waals surface area contributed by atoms with Gasteiger partial charge in [-0.2, -0.15) is 0 Å². The molecule has 5 nitrogen and oxygen atoms in total. The topological polar surface area (TPSA) is 70.8 Å². The number of thiocarbonyl (C=S) groups is 1. The number of amides is 1. The number of thioether (sulfide) groups is 1. The second-order valence-electron chi connectivity index (χ2n) is 4.28. The van der Waals surface area contributed by atoms with Crippen LogP contribution in [0.25, 0.3) is 6.08 Å². The highest BCUT2D eigenvalue weighted by Gasteiger charge is 2.31. The number of aliphatic carboxylic acids is 1. The van der Waals surface area contributed by atoms with E-state index in [4.69, 9.17) is 21.7 Å². The molecule has 0 saturated carbocycles. The Bertz CT molecular complexity index is 591. The fourth-order valence-electron chi connectivity index (χ4n) is 1.74. The van der Waals surface area contributed by atoms with Crippen LogP contribution in [0.5, 0.6) is 0 Å².